The van der Waals surface area contributed by atoms with Crippen molar-refractivity contribution in [2.45, 2.75) is 0 Å². The molecule has 0 aliphatic rings. The lowest BCUT2D eigenvalue weighted by molar-refractivity contribution is 1.60. The lowest BCUT2D eigenvalue weighted by Crippen LogP contribution is -1.92. The second kappa shape index (κ2) is 9.50. The molecule has 38 heavy (non-hydrogen) atoms. The number of hydrogen-bond donors (Lipinski definition) is 0. The molecule has 0 aliphatic heterocycles. The highest BCUT2D eigenvalue weighted by atomic mass is 14.2. The van der Waals surface area contributed by atoms with Gasteiger partial charge in [0.05, 0.1) is 13.7 Å². The molecular weight excluding hydrogens is 456 g/mol. The van der Waals surface area contributed by atoms with Crippen molar-refractivity contribution in [2.24, 2.45) is 0 Å². The van der Waals surface area contributed by atoms with Gasteiger partial charge in [-0.05, 0) is 78.2 Å². The Morgan fingerprint density at radius 3 is 1.55 bits per heavy atom. The van der Waals surface area contributed by atoms with Crippen LogP contribution in [0, 0.1) is 0 Å². The molecule has 0 fully saturated rings. The summed E-state index contributed by atoms with van der Waals surface area (Å²) in [5.74, 6) is 0. The van der Waals surface area contributed by atoms with E-state index in [2.05, 4.69) is 6.07 Å². The molecule has 0 N–H and O–H groups in total. The smallest absolute Gasteiger partial charge is 0.0622 e. The van der Waals surface area contributed by atoms with Crippen molar-refractivity contribution in [3.63, 3.8) is 0 Å². The van der Waals surface area contributed by atoms with Crippen molar-refractivity contribution < 1.29 is 13.7 Å². The summed E-state index contributed by atoms with van der Waals surface area (Å²) < 4.78 is 85.0. The molecular formula is C38H26. The molecule has 0 radical (unpaired) electrons. The van der Waals surface area contributed by atoms with Crippen LogP contribution in [0.2, 0.25) is 0 Å². The Hall–Kier alpha value is -4.94. The van der Waals surface area contributed by atoms with E-state index in [0.29, 0.717) is 27.3 Å². The van der Waals surface area contributed by atoms with Crippen molar-refractivity contribution in [1.82, 2.24) is 0 Å². The summed E-state index contributed by atoms with van der Waals surface area (Å²) >= 11 is 0. The van der Waals surface area contributed by atoms with Gasteiger partial charge in [-0.15, -0.1) is 0 Å². The SMILES string of the molecule is [2H]c1c([2H])c([2H])c(-c2ccc3c(-c4cccc(-c5ccccc5)c4)c4ccccc4c(-c4c([2H])c([2H])c([2H])c([2H])c4[2H])c3c2)c([2H])c1[2H]. The van der Waals surface area contributed by atoms with Gasteiger partial charge in [-0.2, -0.15) is 0 Å². The van der Waals surface area contributed by atoms with E-state index in [-0.39, 0.29) is 35.3 Å². The topological polar surface area (TPSA) is 0 Å². The normalized spacial score (nSPS) is 14.8. The van der Waals surface area contributed by atoms with Crippen LogP contribution in [0.25, 0.3) is 66.1 Å². The number of rotatable bonds is 4. The van der Waals surface area contributed by atoms with Gasteiger partial charge in [-0.25, -0.2) is 0 Å². The van der Waals surface area contributed by atoms with Gasteiger partial charge in [-0.3, -0.25) is 0 Å². The zero-order chi connectivity index (χ0) is 34.0. The fourth-order valence-electron chi connectivity index (χ4n) is 5.17. The first-order valence-corrected chi connectivity index (χ1v) is 12.3. The molecule has 0 unspecified atom stereocenters. The summed E-state index contributed by atoms with van der Waals surface area (Å²) in [6.07, 6.45) is 0. The molecule has 0 nitrogen and oxygen atoms in total. The van der Waals surface area contributed by atoms with Crippen LogP contribution in [-0.2, 0) is 0 Å². The first-order chi connectivity index (χ1) is 23.0. The molecule has 0 saturated heterocycles. The van der Waals surface area contributed by atoms with Crippen LogP contribution < -0.4 is 0 Å². The molecule has 178 valence electrons. The lowest BCUT2D eigenvalue weighted by atomic mass is 9.84. The summed E-state index contributed by atoms with van der Waals surface area (Å²) in [7, 11) is 0. The summed E-state index contributed by atoms with van der Waals surface area (Å²) in [4.78, 5) is 0. The first kappa shape index (κ1) is 14.1. The second-order valence-electron chi connectivity index (χ2n) is 9.00. The molecule has 0 amide bonds. The molecule has 0 atom stereocenters. The third kappa shape index (κ3) is 3.88. The fraction of sp³-hybridized carbons (Fsp3) is 0. The molecule has 7 aromatic carbocycles. The molecule has 0 saturated carbocycles. The molecule has 0 bridgehead atoms. The van der Waals surface area contributed by atoms with E-state index in [1.165, 1.54) is 0 Å². The molecule has 7 rings (SSSR count). The fourth-order valence-corrected chi connectivity index (χ4v) is 5.17. The van der Waals surface area contributed by atoms with Crippen molar-refractivity contribution >= 4 is 21.5 Å². The summed E-state index contributed by atoms with van der Waals surface area (Å²) in [6, 6.07) is 26.5. The van der Waals surface area contributed by atoms with Gasteiger partial charge < -0.3 is 0 Å². The maximum absolute atomic E-state index is 8.93. The van der Waals surface area contributed by atoms with Crippen molar-refractivity contribution in [3.05, 3.63) is 157 Å². The monoisotopic (exact) mass is 492 g/mol. The zero-order valence-electron chi connectivity index (χ0n) is 30.2. The summed E-state index contributed by atoms with van der Waals surface area (Å²) in [5.41, 5.74) is 4.54. The largest absolute Gasteiger partial charge is 0.0629 e. The zero-order valence-corrected chi connectivity index (χ0v) is 20.2. The van der Waals surface area contributed by atoms with Gasteiger partial charge in [0.1, 0.15) is 0 Å². The van der Waals surface area contributed by atoms with Crippen LogP contribution in [0.1, 0.15) is 13.7 Å². The molecule has 7 aromatic rings. The van der Waals surface area contributed by atoms with Gasteiger partial charge in [0.15, 0.2) is 0 Å². The minimum Gasteiger partial charge on any atom is -0.0622 e. The van der Waals surface area contributed by atoms with Gasteiger partial charge in [-0.1, -0.05) is 145 Å². The Balaban J connectivity index is 1.67. The highest BCUT2D eigenvalue weighted by Gasteiger charge is 2.17. The van der Waals surface area contributed by atoms with E-state index in [0.717, 1.165) is 27.6 Å². The van der Waals surface area contributed by atoms with Gasteiger partial charge >= 0.3 is 0 Å². The predicted octanol–water partition coefficient (Wildman–Crippen LogP) is 10.7. The van der Waals surface area contributed by atoms with E-state index >= 15 is 0 Å². The van der Waals surface area contributed by atoms with E-state index < -0.39 is 36.3 Å². The number of benzene rings is 7. The Kier molecular flexibility index (Phi) is 3.53. The van der Waals surface area contributed by atoms with Crippen LogP contribution in [0.15, 0.2) is 157 Å². The lowest BCUT2D eigenvalue weighted by Gasteiger charge is -2.19. The van der Waals surface area contributed by atoms with E-state index in [1.54, 1.807) is 12.1 Å². The van der Waals surface area contributed by atoms with E-state index in [1.807, 2.05) is 78.9 Å². The molecule has 0 heterocycles. The van der Waals surface area contributed by atoms with Crippen LogP contribution in [0.4, 0.5) is 0 Å². The number of hydrogen-bond acceptors (Lipinski definition) is 0. The maximum atomic E-state index is 8.93. The van der Waals surface area contributed by atoms with Crippen LogP contribution in [-0.4, -0.2) is 0 Å². The number of fused-ring (bicyclic) bond motifs is 2. The van der Waals surface area contributed by atoms with Gasteiger partial charge in [0.2, 0.25) is 0 Å². The maximum Gasteiger partial charge on any atom is 0.0629 e. The highest BCUT2D eigenvalue weighted by Crippen LogP contribution is 2.45. The Bertz CT molecular complexity index is 2390. The van der Waals surface area contributed by atoms with Crippen molar-refractivity contribution in [1.29, 1.82) is 0 Å². The summed E-state index contributed by atoms with van der Waals surface area (Å²) in [5, 5.41) is 2.66. The minimum atomic E-state index is -0.503. The van der Waals surface area contributed by atoms with E-state index in [9.17, 15) is 0 Å². The Morgan fingerprint density at radius 1 is 0.316 bits per heavy atom. The van der Waals surface area contributed by atoms with Crippen molar-refractivity contribution in [2.75, 3.05) is 0 Å². The van der Waals surface area contributed by atoms with Crippen LogP contribution in [0.3, 0.4) is 0 Å². The minimum absolute atomic E-state index is 0.00990. The first-order valence-electron chi connectivity index (χ1n) is 17.3. The van der Waals surface area contributed by atoms with Crippen molar-refractivity contribution in [3.8, 4) is 44.5 Å². The standard InChI is InChI=1S/C38H26/c1-4-13-27(14-5-1)30-19-12-20-32(25-30)38-34-22-11-10-21-33(34)37(29-17-8-3-9-18-29)36-26-31(23-24-35(36)38)28-15-6-2-7-16-28/h1-26H/i2D,3D,6D,7D,8D,9D,15D,16D,17D,18D. The predicted molar refractivity (Wildman–Crippen MR) is 163 cm³/mol. The quantitative estimate of drug-likeness (QED) is 0.214. The van der Waals surface area contributed by atoms with Gasteiger partial charge in [0.25, 0.3) is 0 Å². The third-order valence-corrected chi connectivity index (χ3v) is 6.82. The molecule has 0 aliphatic carbocycles. The molecule has 0 heteroatoms. The third-order valence-electron chi connectivity index (χ3n) is 6.82. The molecule has 0 aromatic heterocycles. The highest BCUT2D eigenvalue weighted by molar-refractivity contribution is 6.22. The Morgan fingerprint density at radius 2 is 0.842 bits per heavy atom. The average Bonchev–Trinajstić information content (AvgIpc) is 3.11. The summed E-state index contributed by atoms with van der Waals surface area (Å²) in [6.45, 7) is 0. The van der Waals surface area contributed by atoms with Crippen LogP contribution >= 0.6 is 0 Å². The molecule has 0 spiro atoms. The van der Waals surface area contributed by atoms with Gasteiger partial charge in [0, 0.05) is 0 Å². The average molecular weight is 493 g/mol. The van der Waals surface area contributed by atoms with E-state index in [4.69, 9.17) is 13.7 Å². The Labute approximate surface area is 237 Å². The second-order valence-corrected chi connectivity index (χ2v) is 9.00. The van der Waals surface area contributed by atoms with Crippen LogP contribution in [0.5, 0.6) is 0 Å².